The van der Waals surface area contributed by atoms with Gasteiger partial charge < -0.3 is 15.4 Å². The number of nitro benzene ring substituents is 1. The summed E-state index contributed by atoms with van der Waals surface area (Å²) in [7, 11) is 1.57. The number of anilines is 1. The van der Waals surface area contributed by atoms with Crippen molar-refractivity contribution >= 4 is 17.3 Å². The molecule has 3 rings (SSSR count). The molecule has 1 unspecified atom stereocenters. The molecule has 2 N–H and O–H groups in total. The minimum Gasteiger partial charge on any atom is -0.383 e. The summed E-state index contributed by atoms with van der Waals surface area (Å²) in [5.41, 5.74) is 2.87. The predicted molar refractivity (Wildman–Crippen MR) is 121 cm³/mol. The predicted octanol–water partition coefficient (Wildman–Crippen LogP) is 3.53. The van der Waals surface area contributed by atoms with Crippen LogP contribution in [0, 0.1) is 17.0 Å². The van der Waals surface area contributed by atoms with E-state index >= 15 is 0 Å². The van der Waals surface area contributed by atoms with E-state index in [9.17, 15) is 14.9 Å². The molecule has 2 aromatic carbocycles. The van der Waals surface area contributed by atoms with E-state index in [4.69, 9.17) is 4.74 Å². The number of aryl methyl sites for hydroxylation is 1. The largest absolute Gasteiger partial charge is 0.383 e. The zero-order chi connectivity index (χ0) is 22.2. The van der Waals surface area contributed by atoms with Crippen molar-refractivity contribution in [1.82, 2.24) is 10.2 Å². The highest BCUT2D eigenvalue weighted by Gasteiger charge is 2.25. The molecule has 1 saturated heterocycles. The molecule has 8 nitrogen and oxygen atoms in total. The summed E-state index contributed by atoms with van der Waals surface area (Å²) in [4.78, 5) is 26.2. The highest BCUT2D eigenvalue weighted by Crippen LogP contribution is 2.27. The lowest BCUT2D eigenvalue weighted by Crippen LogP contribution is -2.36. The Morgan fingerprint density at radius 1 is 1.19 bits per heavy atom. The number of hydrogen-bond donors (Lipinski definition) is 2. The van der Waals surface area contributed by atoms with Gasteiger partial charge in [-0.05, 0) is 50.6 Å². The van der Waals surface area contributed by atoms with Crippen LogP contribution in [-0.4, -0.2) is 55.6 Å². The van der Waals surface area contributed by atoms with E-state index in [-0.39, 0.29) is 23.2 Å². The highest BCUT2D eigenvalue weighted by atomic mass is 16.6. The van der Waals surface area contributed by atoms with Crippen LogP contribution in [0.1, 0.15) is 40.4 Å². The van der Waals surface area contributed by atoms with Gasteiger partial charge in [0, 0.05) is 31.8 Å². The number of rotatable bonds is 10. The Bertz CT molecular complexity index is 895. The quantitative estimate of drug-likeness (QED) is 0.343. The third kappa shape index (κ3) is 6.02. The Hall–Kier alpha value is -2.97. The number of likely N-dealkylation sites (tertiary alicyclic amines) is 1. The lowest BCUT2D eigenvalue weighted by atomic mass is 10.0. The lowest BCUT2D eigenvalue weighted by Gasteiger charge is -2.28. The van der Waals surface area contributed by atoms with Gasteiger partial charge in [0.2, 0.25) is 0 Å². The summed E-state index contributed by atoms with van der Waals surface area (Å²) >= 11 is 0. The number of ether oxygens (including phenoxy) is 1. The number of methoxy groups -OCH3 is 1. The van der Waals surface area contributed by atoms with Crippen LogP contribution < -0.4 is 10.6 Å². The maximum Gasteiger partial charge on any atom is 0.293 e. The normalized spacial score (nSPS) is 14.9. The average molecular weight is 427 g/mol. The van der Waals surface area contributed by atoms with Crippen molar-refractivity contribution in [2.75, 3.05) is 45.2 Å². The number of nitrogens with zero attached hydrogens (tertiary/aromatic N) is 2. The molecule has 31 heavy (non-hydrogen) atoms. The number of benzene rings is 2. The summed E-state index contributed by atoms with van der Waals surface area (Å²) in [6.07, 6.45) is 2.31. The van der Waals surface area contributed by atoms with Gasteiger partial charge in [0.1, 0.15) is 5.69 Å². The number of nitrogens with one attached hydrogen (secondary N) is 2. The maximum atomic E-state index is 12.8. The van der Waals surface area contributed by atoms with Crippen LogP contribution in [-0.2, 0) is 4.74 Å². The van der Waals surface area contributed by atoms with Crippen molar-refractivity contribution < 1.29 is 14.5 Å². The van der Waals surface area contributed by atoms with Crippen LogP contribution in [0.5, 0.6) is 0 Å². The number of amides is 1. The van der Waals surface area contributed by atoms with Gasteiger partial charge in [-0.3, -0.25) is 19.8 Å². The zero-order valence-corrected chi connectivity index (χ0v) is 18.1. The van der Waals surface area contributed by atoms with Crippen LogP contribution in [0.2, 0.25) is 0 Å². The summed E-state index contributed by atoms with van der Waals surface area (Å²) < 4.78 is 4.96. The first-order valence-electron chi connectivity index (χ1n) is 10.6. The summed E-state index contributed by atoms with van der Waals surface area (Å²) in [6.45, 7) is 5.37. The molecule has 0 radical (unpaired) electrons. The van der Waals surface area contributed by atoms with Crippen molar-refractivity contribution in [3.8, 4) is 0 Å². The number of carbonyl (C=O) groups excluding carboxylic acids is 1. The maximum absolute atomic E-state index is 12.8. The molecule has 0 spiro atoms. The second-order valence-corrected chi connectivity index (χ2v) is 7.79. The molecule has 1 heterocycles. The van der Waals surface area contributed by atoms with Crippen LogP contribution in [0.3, 0.4) is 0 Å². The van der Waals surface area contributed by atoms with Gasteiger partial charge in [-0.15, -0.1) is 0 Å². The molecular weight excluding hydrogens is 396 g/mol. The molecule has 1 amide bonds. The molecule has 0 saturated carbocycles. The third-order valence-corrected chi connectivity index (χ3v) is 5.58. The lowest BCUT2D eigenvalue weighted by molar-refractivity contribution is -0.384. The minimum absolute atomic E-state index is 0.0806. The first kappa shape index (κ1) is 22.7. The first-order chi connectivity index (χ1) is 15.0. The Labute approximate surface area is 182 Å². The van der Waals surface area contributed by atoms with Gasteiger partial charge in [0.25, 0.3) is 11.6 Å². The van der Waals surface area contributed by atoms with Gasteiger partial charge >= 0.3 is 0 Å². The van der Waals surface area contributed by atoms with Crippen molar-refractivity contribution in [2.24, 2.45) is 0 Å². The fraction of sp³-hybridized carbons (Fsp3) is 0.435. The standard InChI is InChI=1S/C23H30N4O4/c1-17-5-7-18(8-6-17)22(26-12-3-4-13-26)16-25-23(28)19-9-10-20(24-11-14-31-2)21(15-19)27(29)30/h5-10,15,22,24H,3-4,11-14,16H2,1-2H3,(H,25,28). The van der Waals surface area contributed by atoms with E-state index < -0.39 is 4.92 Å². The van der Waals surface area contributed by atoms with E-state index in [2.05, 4.69) is 46.7 Å². The topological polar surface area (TPSA) is 96.7 Å². The monoisotopic (exact) mass is 426 g/mol. The van der Waals surface area contributed by atoms with Crippen molar-refractivity contribution in [1.29, 1.82) is 0 Å². The zero-order valence-electron chi connectivity index (χ0n) is 18.1. The van der Waals surface area contributed by atoms with Crippen LogP contribution in [0.15, 0.2) is 42.5 Å². The second kappa shape index (κ2) is 10.9. The molecule has 1 atom stereocenters. The van der Waals surface area contributed by atoms with E-state index in [1.165, 1.54) is 11.6 Å². The molecule has 1 aliphatic rings. The molecule has 0 aliphatic carbocycles. The molecule has 2 aromatic rings. The summed E-state index contributed by atoms with van der Waals surface area (Å²) in [5, 5.41) is 17.4. The van der Waals surface area contributed by atoms with Crippen LogP contribution >= 0.6 is 0 Å². The Balaban J connectivity index is 1.72. The highest BCUT2D eigenvalue weighted by molar-refractivity contribution is 5.95. The Morgan fingerprint density at radius 3 is 2.55 bits per heavy atom. The molecule has 8 heteroatoms. The van der Waals surface area contributed by atoms with Gasteiger partial charge in [0.15, 0.2) is 0 Å². The third-order valence-electron chi connectivity index (χ3n) is 5.58. The smallest absolute Gasteiger partial charge is 0.293 e. The van der Waals surface area contributed by atoms with Gasteiger partial charge in [-0.1, -0.05) is 29.8 Å². The Kier molecular flexibility index (Phi) is 7.97. The molecule has 0 aromatic heterocycles. The fourth-order valence-electron chi connectivity index (χ4n) is 3.85. The van der Waals surface area contributed by atoms with Crippen molar-refractivity contribution in [2.45, 2.75) is 25.8 Å². The Morgan fingerprint density at radius 2 is 1.90 bits per heavy atom. The SMILES string of the molecule is COCCNc1ccc(C(=O)NCC(c2ccc(C)cc2)N2CCCC2)cc1[N+](=O)[O-]. The first-order valence-corrected chi connectivity index (χ1v) is 10.6. The van der Waals surface area contributed by atoms with E-state index in [1.807, 2.05) is 0 Å². The molecule has 1 fully saturated rings. The summed E-state index contributed by atoms with van der Waals surface area (Å²) in [5.74, 6) is -0.317. The number of hydrogen-bond acceptors (Lipinski definition) is 6. The van der Waals surface area contributed by atoms with Crippen molar-refractivity contribution in [3.63, 3.8) is 0 Å². The average Bonchev–Trinajstić information content (AvgIpc) is 3.29. The van der Waals surface area contributed by atoms with E-state index in [0.717, 1.165) is 31.5 Å². The van der Waals surface area contributed by atoms with Crippen LogP contribution in [0.25, 0.3) is 0 Å². The van der Waals surface area contributed by atoms with Gasteiger partial charge in [0.05, 0.1) is 17.6 Å². The summed E-state index contributed by atoms with van der Waals surface area (Å²) in [6, 6.07) is 13.0. The number of carbonyl (C=O) groups is 1. The second-order valence-electron chi connectivity index (χ2n) is 7.79. The van der Waals surface area contributed by atoms with E-state index in [1.54, 1.807) is 19.2 Å². The molecular formula is C23H30N4O4. The van der Waals surface area contributed by atoms with Gasteiger partial charge in [-0.2, -0.15) is 0 Å². The van der Waals surface area contributed by atoms with Crippen molar-refractivity contribution in [3.05, 3.63) is 69.3 Å². The minimum atomic E-state index is -0.481. The molecule has 0 bridgehead atoms. The molecule has 1 aliphatic heterocycles. The molecule has 166 valence electrons. The van der Waals surface area contributed by atoms with Gasteiger partial charge in [-0.25, -0.2) is 0 Å². The van der Waals surface area contributed by atoms with Crippen LogP contribution in [0.4, 0.5) is 11.4 Å². The van der Waals surface area contributed by atoms with E-state index in [0.29, 0.717) is 25.4 Å². The number of nitro groups is 1. The fourth-order valence-corrected chi connectivity index (χ4v) is 3.85.